The Morgan fingerprint density at radius 2 is 0.931 bits per heavy atom. The van der Waals surface area contributed by atoms with Crippen LogP contribution in [-0.2, 0) is 0 Å². The zero-order valence-corrected chi connectivity index (χ0v) is 30.8. The van der Waals surface area contributed by atoms with Crippen LogP contribution in [0.25, 0.3) is 121 Å². The Kier molecular flexibility index (Phi) is 5.49. The molecule has 0 atom stereocenters. The Hall–Kier alpha value is -7.82. The van der Waals surface area contributed by atoms with Crippen LogP contribution in [-0.4, -0.2) is 9.13 Å². The molecule has 13 aromatic rings. The highest BCUT2D eigenvalue weighted by Gasteiger charge is 2.21. The molecule has 58 heavy (non-hydrogen) atoms. The Labute approximate surface area is 339 Å². The number of hydrogen-bond donors (Lipinski definition) is 0. The first kappa shape index (κ1) is 26.9. The number of para-hydroxylation sites is 6. The molecule has 4 heterocycles. The third kappa shape index (κ3) is 4.34. The van der Waals surface area contributed by atoms with Crippen molar-refractivity contribution in [3.8, 4) is 33.6 Å². The van der Waals surface area contributed by atoms with Crippen molar-refractivity contribution < 1.29 is 15.7 Å². The number of hydrogen-bond acceptors (Lipinski definition) is 2. The Morgan fingerprint density at radius 1 is 0.362 bits per heavy atom. The minimum atomic E-state index is -0.417. The van der Waals surface area contributed by atoms with Crippen molar-refractivity contribution in [1.82, 2.24) is 9.13 Å². The second kappa shape index (κ2) is 11.8. The van der Waals surface area contributed by atoms with Gasteiger partial charge in [0, 0.05) is 65.6 Å². The van der Waals surface area contributed by atoms with E-state index in [9.17, 15) is 0 Å². The number of fused-ring (bicyclic) bond motifs is 12. The summed E-state index contributed by atoms with van der Waals surface area (Å²) in [6.45, 7) is 0. The normalized spacial score (nSPS) is 13.3. The van der Waals surface area contributed by atoms with Gasteiger partial charge in [-0.1, -0.05) is 133 Å². The van der Waals surface area contributed by atoms with Gasteiger partial charge in [0.05, 0.1) is 28.9 Å². The lowest BCUT2D eigenvalue weighted by Crippen LogP contribution is -1.94. The van der Waals surface area contributed by atoms with Crippen LogP contribution in [0, 0.1) is 0 Å². The van der Waals surface area contributed by atoms with Crippen LogP contribution in [0.2, 0.25) is 0 Å². The highest BCUT2D eigenvalue weighted by atomic mass is 16.3. The monoisotopic (exact) mass is 745 g/mol. The van der Waals surface area contributed by atoms with E-state index in [2.05, 4.69) is 126 Å². The third-order valence-corrected chi connectivity index (χ3v) is 11.8. The molecular weight excluding hydrogens is 709 g/mol. The standard InChI is InChI=1S/C54H32N2O2/c1-2-13-34(14-3-1)55-46-23-7-4-15-37(46)38-29-27-33(31-49(38)55)36-18-12-25-48-52(36)44-17-5-8-24-47(44)56(48)35-28-30-51-45(32-35)43-22-11-21-42(54(43)58-51)41-20-10-19-40-39-16-6-9-26-50(39)57-53(40)41/h1-32H/i1D,2D,3D,13D,14D. The number of rotatable bonds is 4. The van der Waals surface area contributed by atoms with Gasteiger partial charge in [-0.25, -0.2) is 0 Å². The van der Waals surface area contributed by atoms with E-state index >= 15 is 0 Å². The molecule has 0 saturated heterocycles. The average Bonchev–Trinajstić information content (AvgIpc) is 4.08. The molecule has 0 amide bonds. The van der Waals surface area contributed by atoms with Crippen LogP contribution in [0.15, 0.2) is 203 Å². The smallest absolute Gasteiger partial charge is 0.143 e. The van der Waals surface area contributed by atoms with Gasteiger partial charge < -0.3 is 18.0 Å². The van der Waals surface area contributed by atoms with E-state index in [0.717, 1.165) is 115 Å². The number of furan rings is 2. The quantitative estimate of drug-likeness (QED) is 0.180. The minimum Gasteiger partial charge on any atom is -0.455 e. The molecule has 0 bridgehead atoms. The first-order valence-electron chi connectivity index (χ1n) is 21.8. The minimum absolute atomic E-state index is 0.125. The van der Waals surface area contributed by atoms with E-state index in [0.29, 0.717) is 0 Å². The molecule has 0 aliphatic carbocycles. The van der Waals surface area contributed by atoms with Gasteiger partial charge in [0.2, 0.25) is 0 Å². The molecule has 0 unspecified atom stereocenters. The van der Waals surface area contributed by atoms with E-state index < -0.39 is 6.04 Å². The fourth-order valence-electron chi connectivity index (χ4n) is 9.37. The van der Waals surface area contributed by atoms with Crippen LogP contribution in [0.3, 0.4) is 0 Å². The number of aromatic nitrogens is 2. The van der Waals surface area contributed by atoms with Crippen molar-refractivity contribution in [3.05, 3.63) is 194 Å². The molecule has 0 saturated carbocycles. The van der Waals surface area contributed by atoms with Crippen LogP contribution in [0.1, 0.15) is 6.85 Å². The summed E-state index contributed by atoms with van der Waals surface area (Å²) in [5.74, 6) is 0. The maximum absolute atomic E-state index is 8.94. The van der Waals surface area contributed by atoms with Crippen molar-refractivity contribution in [1.29, 1.82) is 0 Å². The average molecular weight is 746 g/mol. The summed E-state index contributed by atoms with van der Waals surface area (Å²) in [4.78, 5) is 0. The summed E-state index contributed by atoms with van der Waals surface area (Å²) in [6.07, 6.45) is 0. The topological polar surface area (TPSA) is 36.1 Å². The molecule has 0 spiro atoms. The van der Waals surface area contributed by atoms with Gasteiger partial charge in [-0.3, -0.25) is 0 Å². The predicted octanol–water partition coefficient (Wildman–Crippen LogP) is 15.0. The summed E-state index contributed by atoms with van der Waals surface area (Å²) in [5.41, 5.74) is 11.9. The summed E-state index contributed by atoms with van der Waals surface area (Å²) in [6, 6.07) is 54.4. The molecule has 0 fully saturated rings. The summed E-state index contributed by atoms with van der Waals surface area (Å²) in [5, 5.41) is 8.21. The van der Waals surface area contributed by atoms with Gasteiger partial charge in [0.15, 0.2) is 0 Å². The summed E-state index contributed by atoms with van der Waals surface area (Å²) < 4.78 is 60.5. The maximum Gasteiger partial charge on any atom is 0.143 e. The molecule has 4 nitrogen and oxygen atoms in total. The van der Waals surface area contributed by atoms with Crippen molar-refractivity contribution in [2.45, 2.75) is 0 Å². The highest BCUT2D eigenvalue weighted by molar-refractivity contribution is 6.18. The van der Waals surface area contributed by atoms with E-state index in [4.69, 9.17) is 15.7 Å². The highest BCUT2D eigenvalue weighted by Crippen LogP contribution is 2.44. The van der Waals surface area contributed by atoms with Crippen LogP contribution < -0.4 is 0 Å². The first-order chi connectivity index (χ1) is 30.9. The predicted molar refractivity (Wildman–Crippen MR) is 241 cm³/mol. The lowest BCUT2D eigenvalue weighted by atomic mass is 9.98. The van der Waals surface area contributed by atoms with Crippen LogP contribution >= 0.6 is 0 Å². The lowest BCUT2D eigenvalue weighted by Gasteiger charge is -2.11. The van der Waals surface area contributed by atoms with Gasteiger partial charge in [-0.05, 0) is 71.7 Å². The molecule has 0 radical (unpaired) electrons. The molecule has 270 valence electrons. The van der Waals surface area contributed by atoms with Gasteiger partial charge in [0.25, 0.3) is 0 Å². The Morgan fingerprint density at radius 3 is 1.72 bits per heavy atom. The Balaban J connectivity index is 1.01. The van der Waals surface area contributed by atoms with Crippen molar-refractivity contribution in [3.63, 3.8) is 0 Å². The van der Waals surface area contributed by atoms with E-state index in [-0.39, 0.29) is 29.9 Å². The van der Waals surface area contributed by atoms with Gasteiger partial charge in [-0.2, -0.15) is 0 Å². The van der Waals surface area contributed by atoms with Gasteiger partial charge in [-0.15, -0.1) is 0 Å². The lowest BCUT2D eigenvalue weighted by molar-refractivity contribution is 0.665. The molecule has 4 heteroatoms. The van der Waals surface area contributed by atoms with Crippen LogP contribution in [0.5, 0.6) is 0 Å². The SMILES string of the molecule is [2H]c1c([2H])c([2H])c(-n2c3ccccc3c3ccc(-c4cccc5c4c4ccccc4n5-c4ccc5oc6c(-c7cccc8c7oc7ccccc78)cccc6c5c4)cc32)c([2H])c1[2H]. The van der Waals surface area contributed by atoms with Crippen LogP contribution in [0.4, 0.5) is 0 Å². The van der Waals surface area contributed by atoms with E-state index in [1.165, 1.54) is 0 Å². The fraction of sp³-hybridized carbons (Fsp3) is 0. The second-order valence-electron chi connectivity index (χ2n) is 14.9. The zero-order chi connectivity index (χ0) is 42.2. The molecule has 4 aromatic heterocycles. The van der Waals surface area contributed by atoms with E-state index in [1.807, 2.05) is 47.0 Å². The molecule has 0 N–H and O–H groups in total. The van der Waals surface area contributed by atoms with Gasteiger partial charge >= 0.3 is 0 Å². The molecule has 0 aliphatic heterocycles. The van der Waals surface area contributed by atoms with Crippen molar-refractivity contribution in [2.24, 2.45) is 0 Å². The van der Waals surface area contributed by atoms with Crippen molar-refractivity contribution in [2.75, 3.05) is 0 Å². The molecule has 13 rings (SSSR count). The van der Waals surface area contributed by atoms with Crippen molar-refractivity contribution >= 4 is 87.5 Å². The third-order valence-electron chi connectivity index (χ3n) is 11.8. The Bertz CT molecular complexity index is 4090. The molecular formula is C54H32N2O2. The van der Waals surface area contributed by atoms with Gasteiger partial charge in [0.1, 0.15) is 22.3 Å². The second-order valence-corrected chi connectivity index (χ2v) is 14.9. The number of benzene rings is 9. The number of nitrogens with zero attached hydrogens (tertiary/aromatic N) is 2. The van der Waals surface area contributed by atoms with E-state index in [1.54, 1.807) is 0 Å². The molecule has 9 aromatic carbocycles. The molecule has 0 aliphatic rings. The largest absolute Gasteiger partial charge is 0.455 e. The fourth-order valence-corrected chi connectivity index (χ4v) is 9.37. The zero-order valence-electron chi connectivity index (χ0n) is 35.8. The summed E-state index contributed by atoms with van der Waals surface area (Å²) in [7, 11) is 0. The summed E-state index contributed by atoms with van der Waals surface area (Å²) >= 11 is 0. The first-order valence-corrected chi connectivity index (χ1v) is 19.3. The maximum atomic E-state index is 8.94.